The van der Waals surface area contributed by atoms with Crippen LogP contribution in [-0.2, 0) is 30.5 Å². The fraction of sp³-hybridized carbons (Fsp3) is 0.511. The van der Waals surface area contributed by atoms with Crippen molar-refractivity contribution in [3.63, 3.8) is 0 Å². The maximum absolute atomic E-state index is 15.3. The van der Waals surface area contributed by atoms with Crippen LogP contribution in [0.25, 0.3) is 11.1 Å². The van der Waals surface area contributed by atoms with Crippen LogP contribution < -0.4 is 5.32 Å². The van der Waals surface area contributed by atoms with E-state index in [0.29, 0.717) is 57.5 Å². The molecule has 1 unspecified atom stereocenters. The summed E-state index contributed by atoms with van der Waals surface area (Å²) in [5.41, 5.74) is 0.998. The van der Waals surface area contributed by atoms with E-state index in [2.05, 4.69) is 5.32 Å². The molecule has 2 aromatic carbocycles. The second-order valence-corrected chi connectivity index (χ2v) is 19.3. The molecular formula is C47H61F2N5O7S. The number of nitrogens with zero attached hydrogens (tertiary/aromatic N) is 4. The van der Waals surface area contributed by atoms with Crippen molar-refractivity contribution in [2.75, 3.05) is 44.2 Å². The third-order valence-corrected chi connectivity index (χ3v) is 11.9. The summed E-state index contributed by atoms with van der Waals surface area (Å²) >= 11 is 1.23. The first-order valence-electron chi connectivity index (χ1n) is 21.3. The summed E-state index contributed by atoms with van der Waals surface area (Å²) in [6, 6.07) is 13.4. The van der Waals surface area contributed by atoms with Crippen LogP contribution in [0.5, 0.6) is 0 Å². The molecular weight excluding hydrogens is 817 g/mol. The van der Waals surface area contributed by atoms with Crippen LogP contribution in [-0.4, -0.2) is 110 Å². The molecule has 15 heteroatoms. The highest BCUT2D eigenvalue weighted by Gasteiger charge is 2.40. The Labute approximate surface area is 368 Å². The molecule has 62 heavy (non-hydrogen) atoms. The molecule has 0 saturated carbocycles. The number of aromatic nitrogens is 1. The number of likely N-dealkylation sites (tertiary alicyclic amines) is 1. The number of benzene rings is 2. The van der Waals surface area contributed by atoms with Crippen molar-refractivity contribution >= 4 is 41.5 Å². The van der Waals surface area contributed by atoms with Gasteiger partial charge in [0, 0.05) is 73.6 Å². The lowest BCUT2D eigenvalue weighted by Gasteiger charge is -2.42. The molecule has 0 bridgehead atoms. The zero-order valence-corrected chi connectivity index (χ0v) is 37.5. The van der Waals surface area contributed by atoms with Crippen LogP contribution in [0.4, 0.5) is 13.6 Å². The number of carboxylic acids is 1. The average molecular weight is 878 g/mol. The van der Waals surface area contributed by atoms with Gasteiger partial charge in [-0.2, -0.15) is 0 Å². The monoisotopic (exact) mass is 877 g/mol. The van der Waals surface area contributed by atoms with Crippen LogP contribution >= 0.6 is 11.8 Å². The molecule has 0 radical (unpaired) electrons. The topological polar surface area (TPSA) is 141 Å². The van der Waals surface area contributed by atoms with Crippen molar-refractivity contribution in [3.8, 4) is 11.1 Å². The minimum absolute atomic E-state index is 0.0197. The van der Waals surface area contributed by atoms with Gasteiger partial charge < -0.3 is 29.5 Å². The van der Waals surface area contributed by atoms with Gasteiger partial charge in [0.25, 0.3) is 11.8 Å². The molecule has 4 amide bonds. The van der Waals surface area contributed by atoms with Gasteiger partial charge in [-0.25, -0.2) is 13.6 Å². The Balaban J connectivity index is 1.35. The molecule has 0 spiro atoms. The van der Waals surface area contributed by atoms with Crippen molar-refractivity contribution in [3.05, 3.63) is 95.8 Å². The first-order valence-corrected chi connectivity index (χ1v) is 22.5. The molecule has 1 aromatic heterocycles. The molecule has 2 aliphatic heterocycles. The largest absolute Gasteiger partial charge is 0.480 e. The molecule has 0 aliphatic carbocycles. The van der Waals surface area contributed by atoms with Gasteiger partial charge in [0.05, 0.1) is 11.8 Å². The first kappa shape index (κ1) is 48.0. The zero-order valence-electron chi connectivity index (χ0n) is 36.7. The molecule has 3 atom stereocenters. The van der Waals surface area contributed by atoms with Crippen LogP contribution in [0.3, 0.4) is 0 Å². The molecule has 336 valence electrons. The molecule has 3 aromatic rings. The Bertz CT molecular complexity index is 2060. The number of hydrogen-bond donors (Lipinski definition) is 2. The van der Waals surface area contributed by atoms with E-state index >= 15 is 4.39 Å². The number of carbonyl (C=O) groups is 5. The molecule has 12 nitrogen and oxygen atoms in total. The predicted molar refractivity (Wildman–Crippen MR) is 236 cm³/mol. The van der Waals surface area contributed by atoms with E-state index in [0.717, 1.165) is 36.2 Å². The second kappa shape index (κ2) is 21.4. The Hall–Kier alpha value is -5.02. The number of carbonyl (C=O) groups excluding carboxylic acids is 4. The van der Waals surface area contributed by atoms with Gasteiger partial charge in [-0.05, 0) is 87.7 Å². The number of unbranched alkanes of at least 4 members (excludes halogenated alkanes) is 3. The Morgan fingerprint density at radius 1 is 0.952 bits per heavy atom. The molecule has 2 N–H and O–H groups in total. The quantitative estimate of drug-likeness (QED) is 0.0856. The number of thioether (sulfide) groups is 1. The van der Waals surface area contributed by atoms with Crippen molar-refractivity contribution < 1.29 is 42.6 Å². The van der Waals surface area contributed by atoms with Gasteiger partial charge in [-0.15, -0.1) is 11.8 Å². The number of halogens is 2. The summed E-state index contributed by atoms with van der Waals surface area (Å²) in [6.07, 6.45) is 7.45. The predicted octanol–water partition coefficient (Wildman–Crippen LogP) is 7.92. The van der Waals surface area contributed by atoms with Crippen LogP contribution in [0.2, 0.25) is 0 Å². The number of ether oxygens (including phenoxy) is 1. The summed E-state index contributed by atoms with van der Waals surface area (Å²) in [5.74, 6) is -2.99. The normalized spacial score (nSPS) is 16.5. The summed E-state index contributed by atoms with van der Waals surface area (Å²) in [4.78, 5) is 68.4. The van der Waals surface area contributed by atoms with Gasteiger partial charge in [0.15, 0.2) is 0 Å². The molecule has 2 aliphatic rings. The highest BCUT2D eigenvalue weighted by Crippen LogP contribution is 2.42. The summed E-state index contributed by atoms with van der Waals surface area (Å²) in [5, 5.41) is 13.2. The third kappa shape index (κ3) is 13.5. The fourth-order valence-electron chi connectivity index (χ4n) is 7.96. The van der Waals surface area contributed by atoms with Gasteiger partial charge in [0.1, 0.15) is 23.3 Å². The van der Waals surface area contributed by atoms with Crippen molar-refractivity contribution in [1.82, 2.24) is 24.6 Å². The standard InChI is InChI=1S/C47H61F2N5O7S/c1-46(2,3)43(39-24-34(36-25-35(48)16-17-37(36)49)29-52(39)26-32-14-10-9-11-15-32)54(28-33-20-23-51(27-33)45(60)61-47(4,5)6)42(57)31-62-30-38(44(58)59)50-21-12-7-8-13-22-53-40(55)18-19-41(53)56/h9-11,14-19,24-25,29,33,38,43,50H,7-8,12-13,20-23,26-28,30-31H2,1-6H3,(H,58,59)/t33?,38-,43-/m0/s1. The van der Waals surface area contributed by atoms with E-state index in [1.54, 1.807) is 11.1 Å². The number of carboxylic acid groups (broad SMARTS) is 1. The highest BCUT2D eigenvalue weighted by molar-refractivity contribution is 8.00. The Morgan fingerprint density at radius 2 is 1.65 bits per heavy atom. The number of amides is 4. The van der Waals surface area contributed by atoms with Gasteiger partial charge in [-0.1, -0.05) is 63.9 Å². The lowest BCUT2D eigenvalue weighted by Crippen LogP contribution is -2.46. The minimum Gasteiger partial charge on any atom is -0.480 e. The van der Waals surface area contributed by atoms with E-state index in [4.69, 9.17) is 4.74 Å². The molecule has 5 rings (SSSR count). The van der Waals surface area contributed by atoms with Crippen LogP contribution in [0.1, 0.15) is 90.9 Å². The van der Waals surface area contributed by atoms with E-state index < -0.39 is 46.8 Å². The molecule has 3 heterocycles. The fourth-order valence-corrected chi connectivity index (χ4v) is 8.91. The van der Waals surface area contributed by atoms with E-state index in [9.17, 15) is 33.5 Å². The van der Waals surface area contributed by atoms with E-state index in [-0.39, 0.29) is 47.3 Å². The van der Waals surface area contributed by atoms with Crippen LogP contribution in [0, 0.1) is 23.0 Å². The number of rotatable bonds is 20. The zero-order chi connectivity index (χ0) is 45.2. The lowest BCUT2D eigenvalue weighted by atomic mass is 9.82. The second-order valence-electron chi connectivity index (χ2n) is 18.2. The molecule has 1 fully saturated rings. The van der Waals surface area contributed by atoms with Crippen LogP contribution in [0.15, 0.2) is 72.9 Å². The Morgan fingerprint density at radius 3 is 2.31 bits per heavy atom. The SMILES string of the molecule is CC(C)(C)OC(=O)N1CCC(CN(C(=O)CSC[C@H](NCCCCCCN2C(=O)C=CC2=O)C(=O)O)[C@@H](c2cc(-c3cc(F)ccc3F)cn2Cc2ccccc2)C(C)(C)C)C1. The highest BCUT2D eigenvalue weighted by atomic mass is 32.2. The first-order chi connectivity index (χ1) is 29.3. The number of hydrogen-bond acceptors (Lipinski definition) is 8. The summed E-state index contributed by atoms with van der Waals surface area (Å²) in [7, 11) is 0. The van der Waals surface area contributed by atoms with Crippen molar-refractivity contribution in [2.45, 2.75) is 97.9 Å². The number of aliphatic carboxylic acids is 1. The smallest absolute Gasteiger partial charge is 0.410 e. The summed E-state index contributed by atoms with van der Waals surface area (Å²) in [6.45, 7) is 13.8. The van der Waals surface area contributed by atoms with Crippen molar-refractivity contribution in [1.29, 1.82) is 0 Å². The number of nitrogens with one attached hydrogen (secondary N) is 1. The van der Waals surface area contributed by atoms with Gasteiger partial charge in [-0.3, -0.25) is 24.1 Å². The maximum atomic E-state index is 15.3. The molecule has 1 saturated heterocycles. The van der Waals surface area contributed by atoms with Gasteiger partial charge in [0.2, 0.25) is 5.91 Å². The maximum Gasteiger partial charge on any atom is 0.410 e. The number of imide groups is 1. The van der Waals surface area contributed by atoms with E-state index in [1.807, 2.05) is 87.4 Å². The third-order valence-electron chi connectivity index (χ3n) is 10.9. The van der Waals surface area contributed by atoms with E-state index in [1.165, 1.54) is 34.9 Å². The summed E-state index contributed by atoms with van der Waals surface area (Å²) < 4.78 is 37.6. The Kier molecular flexibility index (Phi) is 16.6. The minimum atomic E-state index is -1.03. The van der Waals surface area contributed by atoms with Gasteiger partial charge >= 0.3 is 12.1 Å². The average Bonchev–Trinajstić information content (AvgIpc) is 3.92. The van der Waals surface area contributed by atoms with Crippen molar-refractivity contribution in [2.24, 2.45) is 11.3 Å². The lowest BCUT2D eigenvalue weighted by molar-refractivity contribution is -0.139.